The van der Waals surface area contributed by atoms with Crippen molar-refractivity contribution in [2.24, 2.45) is 0 Å². The second kappa shape index (κ2) is 7.49. The number of rotatable bonds is 7. The first-order valence-corrected chi connectivity index (χ1v) is 6.96. The normalized spacial score (nSPS) is 31.0. The zero-order valence-corrected chi connectivity index (χ0v) is 10.2. The third-order valence-corrected chi connectivity index (χ3v) is 3.82. The van der Waals surface area contributed by atoms with Crippen LogP contribution in [-0.2, 0) is 4.74 Å². The minimum absolute atomic E-state index is 0.170. The Morgan fingerprint density at radius 2 is 2.07 bits per heavy atom. The van der Waals surface area contributed by atoms with Crippen LogP contribution in [0, 0.1) is 0 Å². The van der Waals surface area contributed by atoms with Crippen molar-refractivity contribution in [3.8, 4) is 0 Å². The Labute approximate surface area is 96.2 Å². The van der Waals surface area contributed by atoms with E-state index in [0.717, 1.165) is 11.5 Å². The Hall–Kier alpha value is 0.230. The molecule has 0 bridgehead atoms. The van der Waals surface area contributed by atoms with Crippen LogP contribution in [0.25, 0.3) is 0 Å². The molecule has 1 heterocycles. The number of aliphatic hydroxyl groups is 2. The highest BCUT2D eigenvalue weighted by atomic mass is 32.2. The van der Waals surface area contributed by atoms with Gasteiger partial charge < -0.3 is 14.9 Å². The van der Waals surface area contributed by atoms with Gasteiger partial charge >= 0.3 is 0 Å². The molecular formula is C11H22O3S. The van der Waals surface area contributed by atoms with Crippen molar-refractivity contribution < 1.29 is 14.9 Å². The lowest BCUT2D eigenvalue weighted by Crippen LogP contribution is -2.31. The Morgan fingerprint density at radius 1 is 1.27 bits per heavy atom. The summed E-state index contributed by atoms with van der Waals surface area (Å²) in [5.74, 6) is 1.92. The van der Waals surface area contributed by atoms with Gasteiger partial charge in [-0.1, -0.05) is 26.2 Å². The molecule has 0 spiro atoms. The summed E-state index contributed by atoms with van der Waals surface area (Å²) in [5.41, 5.74) is 0. The number of thioether (sulfide) groups is 1. The molecule has 0 aromatic rings. The van der Waals surface area contributed by atoms with Crippen molar-refractivity contribution in [3.05, 3.63) is 0 Å². The third-order valence-electron chi connectivity index (χ3n) is 2.68. The Morgan fingerprint density at radius 3 is 2.67 bits per heavy atom. The Balaban J connectivity index is 1.96. The largest absolute Gasteiger partial charge is 0.388 e. The highest BCUT2D eigenvalue weighted by Gasteiger charge is 2.33. The number of hydrogen-bond acceptors (Lipinski definition) is 4. The molecule has 0 amide bonds. The molecule has 1 fully saturated rings. The van der Waals surface area contributed by atoms with E-state index >= 15 is 0 Å². The van der Waals surface area contributed by atoms with Crippen molar-refractivity contribution >= 4 is 11.8 Å². The molecule has 1 aliphatic heterocycles. The van der Waals surface area contributed by atoms with Crippen molar-refractivity contribution in [2.45, 2.75) is 50.9 Å². The lowest BCUT2D eigenvalue weighted by molar-refractivity contribution is 0.0337. The molecule has 0 aromatic carbocycles. The summed E-state index contributed by atoms with van der Waals surface area (Å²) in [6.45, 7) is 2.49. The van der Waals surface area contributed by atoms with Gasteiger partial charge in [-0.15, -0.1) is 0 Å². The number of aliphatic hydroxyl groups excluding tert-OH is 2. The molecule has 3 nitrogen and oxygen atoms in total. The van der Waals surface area contributed by atoms with Crippen LogP contribution in [0.4, 0.5) is 0 Å². The average Bonchev–Trinajstić information content (AvgIpc) is 2.54. The summed E-state index contributed by atoms with van der Waals surface area (Å²) in [4.78, 5) is 0. The minimum atomic E-state index is -0.687. The molecule has 1 aliphatic rings. The van der Waals surface area contributed by atoms with Crippen molar-refractivity contribution in [1.82, 2.24) is 0 Å². The molecule has 15 heavy (non-hydrogen) atoms. The van der Waals surface area contributed by atoms with Gasteiger partial charge in [-0.3, -0.25) is 0 Å². The molecule has 1 rings (SSSR count). The fourth-order valence-corrected chi connectivity index (χ4v) is 2.74. The van der Waals surface area contributed by atoms with Crippen LogP contribution in [0.5, 0.6) is 0 Å². The minimum Gasteiger partial charge on any atom is -0.388 e. The number of ether oxygens (including phenoxy) is 1. The van der Waals surface area contributed by atoms with Gasteiger partial charge in [0.05, 0.1) is 12.7 Å². The lowest BCUT2D eigenvalue weighted by Gasteiger charge is -2.13. The second-order valence-electron chi connectivity index (χ2n) is 4.07. The highest BCUT2D eigenvalue weighted by molar-refractivity contribution is 7.99. The van der Waals surface area contributed by atoms with E-state index in [9.17, 15) is 10.2 Å². The quantitative estimate of drug-likeness (QED) is 0.654. The lowest BCUT2D eigenvalue weighted by atomic mass is 10.2. The van der Waals surface area contributed by atoms with Gasteiger partial charge in [0.2, 0.25) is 0 Å². The van der Waals surface area contributed by atoms with Gasteiger partial charge in [-0.25, -0.2) is 0 Å². The average molecular weight is 234 g/mol. The predicted octanol–water partition coefficient (Wildman–Crippen LogP) is 1.42. The molecule has 4 heteroatoms. The maximum atomic E-state index is 9.51. The third kappa shape index (κ3) is 4.72. The van der Waals surface area contributed by atoms with Crippen LogP contribution in [0.15, 0.2) is 0 Å². The van der Waals surface area contributed by atoms with E-state index in [2.05, 4.69) is 6.92 Å². The molecule has 3 unspecified atom stereocenters. The fourth-order valence-electron chi connectivity index (χ4n) is 1.64. The summed E-state index contributed by atoms with van der Waals surface area (Å²) in [5, 5.41) is 18.8. The van der Waals surface area contributed by atoms with Gasteiger partial charge in [-0.05, 0) is 12.2 Å². The maximum absolute atomic E-state index is 9.51. The topological polar surface area (TPSA) is 49.7 Å². The standard InChI is InChI=1S/C11H22O3S/c1-2-3-4-5-6-15-8-10-11(13)9(12)7-14-10/h9-13H,2-8H2,1H3. The zero-order valence-electron chi connectivity index (χ0n) is 9.39. The molecule has 0 aliphatic carbocycles. The first-order valence-electron chi connectivity index (χ1n) is 5.81. The fraction of sp³-hybridized carbons (Fsp3) is 1.00. The first-order chi connectivity index (χ1) is 7.25. The van der Waals surface area contributed by atoms with Gasteiger partial charge in [0.25, 0.3) is 0 Å². The monoisotopic (exact) mass is 234 g/mol. The van der Waals surface area contributed by atoms with E-state index in [1.54, 1.807) is 0 Å². The molecule has 0 aromatic heterocycles. The Kier molecular flexibility index (Phi) is 6.64. The van der Waals surface area contributed by atoms with Crippen molar-refractivity contribution in [1.29, 1.82) is 0 Å². The second-order valence-corrected chi connectivity index (χ2v) is 5.22. The molecule has 0 saturated carbocycles. The predicted molar refractivity (Wildman–Crippen MR) is 63.2 cm³/mol. The SMILES string of the molecule is CCCCCCSCC1OCC(O)C1O. The first kappa shape index (κ1) is 13.3. The molecule has 1 saturated heterocycles. The van der Waals surface area contributed by atoms with Crippen LogP contribution in [-0.4, -0.2) is 46.6 Å². The van der Waals surface area contributed by atoms with Crippen LogP contribution in [0.1, 0.15) is 32.6 Å². The van der Waals surface area contributed by atoms with E-state index in [4.69, 9.17) is 4.74 Å². The smallest absolute Gasteiger partial charge is 0.109 e. The summed E-state index contributed by atoms with van der Waals surface area (Å²) >= 11 is 1.81. The highest BCUT2D eigenvalue weighted by Crippen LogP contribution is 2.19. The number of hydrogen-bond donors (Lipinski definition) is 2. The van der Waals surface area contributed by atoms with E-state index in [-0.39, 0.29) is 12.7 Å². The van der Waals surface area contributed by atoms with E-state index in [1.165, 1.54) is 25.7 Å². The van der Waals surface area contributed by atoms with Crippen LogP contribution < -0.4 is 0 Å². The molecular weight excluding hydrogens is 212 g/mol. The van der Waals surface area contributed by atoms with E-state index in [0.29, 0.717) is 0 Å². The summed E-state index contributed by atoms with van der Waals surface area (Å²) in [6, 6.07) is 0. The van der Waals surface area contributed by atoms with Gasteiger partial charge in [-0.2, -0.15) is 11.8 Å². The van der Waals surface area contributed by atoms with Crippen molar-refractivity contribution in [2.75, 3.05) is 18.1 Å². The summed E-state index contributed by atoms with van der Waals surface area (Å²) < 4.78 is 5.28. The maximum Gasteiger partial charge on any atom is 0.109 e. The van der Waals surface area contributed by atoms with E-state index in [1.807, 2.05) is 11.8 Å². The Bertz CT molecular complexity index is 166. The van der Waals surface area contributed by atoms with Gasteiger partial charge in [0.1, 0.15) is 12.2 Å². The summed E-state index contributed by atoms with van der Waals surface area (Å²) in [6.07, 6.45) is 3.56. The van der Waals surface area contributed by atoms with E-state index < -0.39 is 12.2 Å². The molecule has 2 N–H and O–H groups in total. The zero-order chi connectivity index (χ0) is 11.1. The number of unbranched alkanes of at least 4 members (excludes halogenated alkanes) is 3. The van der Waals surface area contributed by atoms with Gasteiger partial charge in [0.15, 0.2) is 0 Å². The van der Waals surface area contributed by atoms with Gasteiger partial charge in [0, 0.05) is 5.75 Å². The van der Waals surface area contributed by atoms with Crippen LogP contribution >= 0.6 is 11.8 Å². The van der Waals surface area contributed by atoms with Crippen LogP contribution in [0.2, 0.25) is 0 Å². The molecule has 3 atom stereocenters. The molecule has 0 radical (unpaired) electrons. The van der Waals surface area contributed by atoms with Crippen LogP contribution in [0.3, 0.4) is 0 Å². The summed E-state index contributed by atoms with van der Waals surface area (Å²) in [7, 11) is 0. The molecule has 90 valence electrons. The van der Waals surface area contributed by atoms with Crippen molar-refractivity contribution in [3.63, 3.8) is 0 Å².